The number of fused-ring (bicyclic) bond motifs is 1. The Labute approximate surface area is 168 Å². The molecule has 0 bridgehead atoms. The minimum absolute atomic E-state index is 0.666. The van der Waals surface area contributed by atoms with Gasteiger partial charge in [0.15, 0.2) is 0 Å². The van der Waals surface area contributed by atoms with Gasteiger partial charge >= 0.3 is 0 Å². The molecule has 0 unspecified atom stereocenters. The van der Waals surface area contributed by atoms with E-state index in [9.17, 15) is 0 Å². The van der Waals surface area contributed by atoms with Gasteiger partial charge in [0.05, 0.1) is 23.1 Å². The molecule has 0 saturated heterocycles. The Kier molecular flexibility index (Phi) is 4.92. The van der Waals surface area contributed by atoms with Crippen molar-refractivity contribution in [2.24, 2.45) is 0 Å². The maximum Gasteiger partial charge on any atom is 0.0762 e. The molecule has 0 amide bonds. The number of halogens is 1. The van der Waals surface area contributed by atoms with E-state index in [0.717, 1.165) is 39.0 Å². The molecule has 0 fully saturated rings. The third kappa shape index (κ3) is 3.28. The van der Waals surface area contributed by atoms with Crippen molar-refractivity contribution in [2.75, 3.05) is 0 Å². The van der Waals surface area contributed by atoms with Crippen molar-refractivity contribution in [3.8, 4) is 16.9 Å². The quantitative estimate of drug-likeness (QED) is 0.368. The predicted molar refractivity (Wildman–Crippen MR) is 118 cm³/mol. The number of aromatic nitrogens is 3. The van der Waals surface area contributed by atoms with Crippen molar-refractivity contribution >= 4 is 28.1 Å². The van der Waals surface area contributed by atoms with Crippen molar-refractivity contribution in [1.29, 1.82) is 0 Å². The minimum atomic E-state index is 0.666. The Hall–Kier alpha value is -3.43. The van der Waals surface area contributed by atoms with Crippen LogP contribution in [-0.4, -0.2) is 14.8 Å². The lowest BCUT2D eigenvalue weighted by molar-refractivity contribution is 0.893. The van der Waals surface area contributed by atoms with Crippen molar-refractivity contribution in [3.05, 3.63) is 109 Å². The van der Waals surface area contributed by atoms with Gasteiger partial charge < -0.3 is 0 Å². The summed E-state index contributed by atoms with van der Waals surface area (Å²) in [6, 6.07) is 18.0. The molecule has 3 nitrogen and oxygen atoms in total. The van der Waals surface area contributed by atoms with Crippen LogP contribution in [0.5, 0.6) is 0 Å². The van der Waals surface area contributed by atoms with Gasteiger partial charge in [-0.15, -0.1) is 0 Å². The molecule has 0 atom stereocenters. The SMILES string of the molecule is C=C/C=C(\C=C)c1ccc(-c2ccnn2-c2ccnc3cc(Cl)ccc23)cc1. The third-order valence-corrected chi connectivity index (χ3v) is 4.82. The number of allylic oxidation sites excluding steroid dienone is 4. The van der Waals surface area contributed by atoms with Crippen LogP contribution in [0.1, 0.15) is 5.56 Å². The van der Waals surface area contributed by atoms with Crippen molar-refractivity contribution < 1.29 is 0 Å². The van der Waals surface area contributed by atoms with E-state index in [2.05, 4.69) is 47.5 Å². The van der Waals surface area contributed by atoms with Gasteiger partial charge in [-0.05, 0) is 41.5 Å². The van der Waals surface area contributed by atoms with Crippen LogP contribution in [0.4, 0.5) is 0 Å². The summed E-state index contributed by atoms with van der Waals surface area (Å²) in [4.78, 5) is 4.42. The molecule has 0 saturated carbocycles. The second kappa shape index (κ2) is 7.67. The first-order chi connectivity index (χ1) is 13.7. The van der Waals surface area contributed by atoms with Crippen LogP contribution in [0.2, 0.25) is 5.02 Å². The highest BCUT2D eigenvalue weighted by molar-refractivity contribution is 6.31. The lowest BCUT2D eigenvalue weighted by Crippen LogP contribution is -2.00. The fourth-order valence-electron chi connectivity index (χ4n) is 3.25. The Morgan fingerprint density at radius 3 is 2.54 bits per heavy atom. The molecule has 0 aliphatic carbocycles. The second-order valence-electron chi connectivity index (χ2n) is 6.26. The number of pyridine rings is 1. The maximum absolute atomic E-state index is 6.12. The topological polar surface area (TPSA) is 30.7 Å². The molecular weight excluding hydrogens is 366 g/mol. The van der Waals surface area contributed by atoms with Gasteiger partial charge in [-0.25, -0.2) is 4.68 Å². The minimum Gasteiger partial charge on any atom is -0.256 e. The van der Waals surface area contributed by atoms with Crippen LogP contribution in [0.25, 0.3) is 33.4 Å². The molecule has 4 rings (SSSR count). The Morgan fingerprint density at radius 1 is 0.964 bits per heavy atom. The molecular formula is C24H18ClN3. The van der Waals surface area contributed by atoms with Gasteiger partial charge in [0, 0.05) is 22.2 Å². The lowest BCUT2D eigenvalue weighted by Gasteiger charge is -2.11. The molecule has 2 aromatic heterocycles. The van der Waals surface area contributed by atoms with Crippen molar-refractivity contribution in [2.45, 2.75) is 0 Å². The van der Waals surface area contributed by atoms with E-state index in [1.54, 1.807) is 18.5 Å². The smallest absolute Gasteiger partial charge is 0.0762 e. The Balaban J connectivity index is 1.80. The fraction of sp³-hybridized carbons (Fsp3) is 0. The number of rotatable bonds is 5. The molecule has 28 heavy (non-hydrogen) atoms. The van der Waals surface area contributed by atoms with Crippen LogP contribution in [0.3, 0.4) is 0 Å². The van der Waals surface area contributed by atoms with Gasteiger partial charge in [-0.3, -0.25) is 4.98 Å². The predicted octanol–water partition coefficient (Wildman–Crippen LogP) is 6.50. The van der Waals surface area contributed by atoms with Crippen LogP contribution in [0.15, 0.2) is 98.4 Å². The molecule has 0 radical (unpaired) electrons. The molecule has 0 aliphatic rings. The van der Waals surface area contributed by atoms with E-state index < -0.39 is 0 Å². The first-order valence-corrected chi connectivity index (χ1v) is 9.23. The van der Waals surface area contributed by atoms with Crippen LogP contribution < -0.4 is 0 Å². The zero-order valence-electron chi connectivity index (χ0n) is 15.2. The van der Waals surface area contributed by atoms with Gasteiger partial charge in [0.2, 0.25) is 0 Å². The first kappa shape index (κ1) is 18.0. The highest BCUT2D eigenvalue weighted by Crippen LogP contribution is 2.29. The van der Waals surface area contributed by atoms with E-state index in [1.807, 2.05) is 47.2 Å². The van der Waals surface area contributed by atoms with Gasteiger partial charge in [-0.2, -0.15) is 5.10 Å². The molecule has 136 valence electrons. The number of hydrogen-bond acceptors (Lipinski definition) is 2. The molecule has 4 heteroatoms. The summed E-state index contributed by atoms with van der Waals surface area (Å²) in [5, 5.41) is 6.22. The maximum atomic E-state index is 6.12. The van der Waals surface area contributed by atoms with Gasteiger partial charge in [0.25, 0.3) is 0 Å². The summed E-state index contributed by atoms with van der Waals surface area (Å²) < 4.78 is 1.93. The van der Waals surface area contributed by atoms with E-state index in [0.29, 0.717) is 5.02 Å². The number of benzene rings is 2. The normalized spacial score (nSPS) is 11.5. The zero-order valence-corrected chi connectivity index (χ0v) is 16.0. The molecule has 0 aliphatic heterocycles. The van der Waals surface area contributed by atoms with E-state index >= 15 is 0 Å². The largest absolute Gasteiger partial charge is 0.256 e. The number of nitrogens with zero attached hydrogens (tertiary/aromatic N) is 3. The summed E-state index contributed by atoms with van der Waals surface area (Å²) in [7, 11) is 0. The third-order valence-electron chi connectivity index (χ3n) is 4.58. The van der Waals surface area contributed by atoms with Gasteiger partial charge in [-0.1, -0.05) is 67.3 Å². The highest BCUT2D eigenvalue weighted by atomic mass is 35.5. The fourth-order valence-corrected chi connectivity index (χ4v) is 3.41. The summed E-state index contributed by atoms with van der Waals surface area (Å²) in [6.45, 7) is 7.63. The molecule has 0 N–H and O–H groups in total. The van der Waals surface area contributed by atoms with E-state index in [-0.39, 0.29) is 0 Å². The van der Waals surface area contributed by atoms with Crippen LogP contribution in [-0.2, 0) is 0 Å². The molecule has 0 spiro atoms. The Morgan fingerprint density at radius 2 is 1.79 bits per heavy atom. The van der Waals surface area contributed by atoms with Gasteiger partial charge in [0.1, 0.15) is 0 Å². The second-order valence-corrected chi connectivity index (χ2v) is 6.70. The zero-order chi connectivity index (χ0) is 19.5. The molecule has 2 aromatic carbocycles. The number of hydrogen-bond donors (Lipinski definition) is 0. The monoisotopic (exact) mass is 383 g/mol. The standard InChI is InChI=1S/C24H18ClN3/c1-3-5-17(4-2)18-6-8-19(9-7-18)23-13-15-27-28(23)24-12-14-26-22-16-20(25)10-11-21(22)24/h3-16H,1-2H2/b17-5+. The van der Waals surface area contributed by atoms with E-state index in [4.69, 9.17) is 11.6 Å². The summed E-state index contributed by atoms with van der Waals surface area (Å²) in [6.07, 6.45) is 9.12. The lowest BCUT2D eigenvalue weighted by atomic mass is 10.0. The van der Waals surface area contributed by atoms with Crippen LogP contribution >= 0.6 is 11.6 Å². The average molecular weight is 384 g/mol. The average Bonchev–Trinajstić information content (AvgIpc) is 3.21. The van der Waals surface area contributed by atoms with Crippen LogP contribution in [0, 0.1) is 0 Å². The summed E-state index contributed by atoms with van der Waals surface area (Å²) in [5.41, 5.74) is 6.00. The highest BCUT2D eigenvalue weighted by Gasteiger charge is 2.11. The molecule has 2 heterocycles. The van der Waals surface area contributed by atoms with Crippen molar-refractivity contribution in [3.63, 3.8) is 0 Å². The molecule has 4 aromatic rings. The first-order valence-electron chi connectivity index (χ1n) is 8.86. The summed E-state index contributed by atoms with van der Waals surface area (Å²) in [5.74, 6) is 0. The van der Waals surface area contributed by atoms with Crippen molar-refractivity contribution in [1.82, 2.24) is 14.8 Å². The van der Waals surface area contributed by atoms with E-state index in [1.165, 1.54) is 0 Å². The Bertz CT molecular complexity index is 1200. The summed E-state index contributed by atoms with van der Waals surface area (Å²) >= 11 is 6.12.